The number of carboxylic acids is 1. The number of nitrogens with zero attached hydrogens (tertiary/aromatic N) is 3. The molecule has 3 rings (SSSR count). The number of carboxylic acid groups (broad SMARTS) is 1. The summed E-state index contributed by atoms with van der Waals surface area (Å²) < 4.78 is 1.90. The first-order valence-electron chi connectivity index (χ1n) is 6.79. The minimum atomic E-state index is -0.974. The molecule has 3 heterocycles. The summed E-state index contributed by atoms with van der Waals surface area (Å²) in [4.78, 5) is 17.9. The largest absolute Gasteiger partial charge is 0.476 e. The highest BCUT2D eigenvalue weighted by molar-refractivity contribution is 5.93. The number of imidazole rings is 1. The van der Waals surface area contributed by atoms with Gasteiger partial charge >= 0.3 is 5.97 Å². The van der Waals surface area contributed by atoms with Crippen LogP contribution < -0.4 is 5.32 Å². The first-order valence-corrected chi connectivity index (χ1v) is 6.79. The number of nitrogens with one attached hydrogen (secondary N) is 1. The number of rotatable bonds is 3. The van der Waals surface area contributed by atoms with Gasteiger partial charge in [-0.15, -0.1) is 0 Å². The molecular formula is C14H18N4O2. The number of aromatic carboxylic acids is 1. The van der Waals surface area contributed by atoms with Crippen LogP contribution in [0.2, 0.25) is 0 Å². The zero-order valence-corrected chi connectivity index (χ0v) is 11.5. The molecule has 0 aliphatic carbocycles. The fourth-order valence-corrected chi connectivity index (χ4v) is 2.59. The first kappa shape index (κ1) is 13.1. The molecule has 0 amide bonds. The Bertz CT molecular complexity index is 644. The second-order valence-electron chi connectivity index (χ2n) is 5.17. The van der Waals surface area contributed by atoms with E-state index in [4.69, 9.17) is 0 Å². The van der Waals surface area contributed by atoms with Crippen LogP contribution in [0.25, 0.3) is 5.52 Å². The maximum Gasteiger partial charge on any atom is 0.356 e. The highest BCUT2D eigenvalue weighted by atomic mass is 16.4. The Morgan fingerprint density at radius 1 is 1.40 bits per heavy atom. The van der Waals surface area contributed by atoms with Crippen molar-refractivity contribution in [1.82, 2.24) is 19.6 Å². The van der Waals surface area contributed by atoms with Crippen molar-refractivity contribution in [2.24, 2.45) is 0 Å². The zero-order chi connectivity index (χ0) is 14.1. The number of aromatic nitrogens is 2. The van der Waals surface area contributed by atoms with Crippen molar-refractivity contribution < 1.29 is 9.90 Å². The summed E-state index contributed by atoms with van der Waals surface area (Å²) >= 11 is 0. The second kappa shape index (κ2) is 5.22. The van der Waals surface area contributed by atoms with E-state index in [2.05, 4.69) is 15.2 Å². The third kappa shape index (κ3) is 2.39. The maximum atomic E-state index is 11.3. The molecule has 1 fully saturated rings. The van der Waals surface area contributed by atoms with Crippen LogP contribution >= 0.6 is 0 Å². The Balaban J connectivity index is 2.00. The van der Waals surface area contributed by atoms with Crippen LogP contribution in [0, 0.1) is 6.92 Å². The lowest BCUT2D eigenvalue weighted by Gasteiger charge is -2.26. The number of hydrogen-bond acceptors (Lipinski definition) is 4. The van der Waals surface area contributed by atoms with Gasteiger partial charge in [-0.05, 0) is 18.6 Å². The SMILES string of the molecule is Cc1ccc2c(C(=O)O)nc(CN3CCNCC3)n2c1. The number of pyridine rings is 1. The predicted octanol–water partition coefficient (Wildman–Crippen LogP) is 0.746. The molecule has 20 heavy (non-hydrogen) atoms. The fourth-order valence-electron chi connectivity index (χ4n) is 2.59. The monoisotopic (exact) mass is 274 g/mol. The van der Waals surface area contributed by atoms with Crippen LogP contribution in [0.3, 0.4) is 0 Å². The minimum absolute atomic E-state index is 0.134. The average Bonchev–Trinajstić information content (AvgIpc) is 2.78. The predicted molar refractivity (Wildman–Crippen MR) is 75.0 cm³/mol. The van der Waals surface area contributed by atoms with Crippen molar-refractivity contribution in [1.29, 1.82) is 0 Å². The topological polar surface area (TPSA) is 69.9 Å². The van der Waals surface area contributed by atoms with Gasteiger partial charge < -0.3 is 14.8 Å². The molecule has 1 saturated heterocycles. The Morgan fingerprint density at radius 3 is 2.85 bits per heavy atom. The molecule has 1 aliphatic rings. The first-order chi connectivity index (χ1) is 9.65. The van der Waals surface area contributed by atoms with Crippen LogP contribution in [0.15, 0.2) is 18.3 Å². The number of piperazine rings is 1. The van der Waals surface area contributed by atoms with Gasteiger partial charge in [0.1, 0.15) is 5.82 Å². The summed E-state index contributed by atoms with van der Waals surface area (Å²) in [6.07, 6.45) is 1.95. The summed E-state index contributed by atoms with van der Waals surface area (Å²) in [5.74, 6) is -0.180. The smallest absolute Gasteiger partial charge is 0.356 e. The molecule has 2 aromatic rings. The summed E-state index contributed by atoms with van der Waals surface area (Å²) in [6, 6.07) is 3.74. The van der Waals surface area contributed by atoms with Crippen molar-refractivity contribution in [2.75, 3.05) is 26.2 Å². The van der Waals surface area contributed by atoms with Crippen LogP contribution in [-0.2, 0) is 6.54 Å². The van der Waals surface area contributed by atoms with Gasteiger partial charge in [-0.3, -0.25) is 4.90 Å². The lowest BCUT2D eigenvalue weighted by molar-refractivity contribution is 0.0693. The van der Waals surface area contributed by atoms with Gasteiger partial charge in [0, 0.05) is 32.4 Å². The molecular weight excluding hydrogens is 256 g/mol. The standard InChI is InChI=1S/C14H18N4O2/c1-10-2-3-11-13(14(19)20)16-12(18(11)8-10)9-17-6-4-15-5-7-17/h2-3,8,15H,4-7,9H2,1H3,(H,19,20). The molecule has 0 radical (unpaired) electrons. The average molecular weight is 274 g/mol. The van der Waals surface area contributed by atoms with Gasteiger partial charge in [-0.2, -0.15) is 0 Å². The van der Waals surface area contributed by atoms with E-state index >= 15 is 0 Å². The second-order valence-corrected chi connectivity index (χ2v) is 5.17. The van der Waals surface area contributed by atoms with E-state index in [1.54, 1.807) is 0 Å². The maximum absolute atomic E-state index is 11.3. The number of hydrogen-bond donors (Lipinski definition) is 2. The van der Waals surface area contributed by atoms with Crippen molar-refractivity contribution in [3.63, 3.8) is 0 Å². The molecule has 6 heteroatoms. The lowest BCUT2D eigenvalue weighted by Crippen LogP contribution is -2.43. The molecule has 0 saturated carbocycles. The molecule has 2 aromatic heterocycles. The van der Waals surface area contributed by atoms with E-state index in [1.807, 2.05) is 29.7 Å². The normalized spacial score (nSPS) is 16.6. The van der Waals surface area contributed by atoms with Crippen molar-refractivity contribution in [2.45, 2.75) is 13.5 Å². The number of aryl methyl sites for hydroxylation is 1. The van der Waals surface area contributed by atoms with Crippen LogP contribution in [-0.4, -0.2) is 51.5 Å². The van der Waals surface area contributed by atoms with Gasteiger partial charge in [0.2, 0.25) is 0 Å². The zero-order valence-electron chi connectivity index (χ0n) is 11.5. The highest BCUT2D eigenvalue weighted by Crippen LogP contribution is 2.16. The summed E-state index contributed by atoms with van der Waals surface area (Å²) in [6.45, 7) is 6.53. The van der Waals surface area contributed by atoms with Gasteiger partial charge in [-0.25, -0.2) is 9.78 Å². The van der Waals surface area contributed by atoms with Crippen LogP contribution in [0.4, 0.5) is 0 Å². The van der Waals surface area contributed by atoms with E-state index in [-0.39, 0.29) is 5.69 Å². The summed E-state index contributed by atoms with van der Waals surface area (Å²) in [5.41, 5.74) is 1.89. The minimum Gasteiger partial charge on any atom is -0.476 e. The van der Waals surface area contributed by atoms with E-state index in [1.165, 1.54) is 0 Å². The third-order valence-corrected chi connectivity index (χ3v) is 3.64. The van der Waals surface area contributed by atoms with E-state index in [0.717, 1.165) is 37.6 Å². The van der Waals surface area contributed by atoms with Crippen LogP contribution in [0.5, 0.6) is 0 Å². The molecule has 0 aromatic carbocycles. The van der Waals surface area contributed by atoms with Crippen molar-refractivity contribution in [3.8, 4) is 0 Å². The molecule has 0 spiro atoms. The van der Waals surface area contributed by atoms with Gasteiger partial charge in [0.15, 0.2) is 5.69 Å². The van der Waals surface area contributed by atoms with Gasteiger partial charge in [-0.1, -0.05) is 6.07 Å². The van der Waals surface area contributed by atoms with Gasteiger partial charge in [0.25, 0.3) is 0 Å². The molecule has 0 unspecified atom stereocenters. The molecule has 1 aliphatic heterocycles. The summed E-state index contributed by atoms with van der Waals surface area (Å²) in [7, 11) is 0. The highest BCUT2D eigenvalue weighted by Gasteiger charge is 2.19. The lowest BCUT2D eigenvalue weighted by atomic mass is 10.2. The Hall–Kier alpha value is -1.92. The summed E-state index contributed by atoms with van der Waals surface area (Å²) in [5, 5.41) is 12.6. The fraction of sp³-hybridized carbons (Fsp3) is 0.429. The Morgan fingerprint density at radius 2 is 2.15 bits per heavy atom. The number of fused-ring (bicyclic) bond motifs is 1. The molecule has 106 valence electrons. The van der Waals surface area contributed by atoms with Crippen LogP contribution in [0.1, 0.15) is 21.9 Å². The molecule has 0 bridgehead atoms. The van der Waals surface area contributed by atoms with Gasteiger partial charge in [0.05, 0.1) is 12.1 Å². The molecule has 6 nitrogen and oxygen atoms in total. The van der Waals surface area contributed by atoms with Crippen molar-refractivity contribution >= 4 is 11.5 Å². The Labute approximate surface area is 117 Å². The molecule has 0 atom stereocenters. The quantitative estimate of drug-likeness (QED) is 0.864. The van der Waals surface area contributed by atoms with E-state index < -0.39 is 5.97 Å². The third-order valence-electron chi connectivity index (χ3n) is 3.64. The van der Waals surface area contributed by atoms with Crippen molar-refractivity contribution in [3.05, 3.63) is 35.4 Å². The molecule has 2 N–H and O–H groups in total. The number of carbonyl (C=O) groups is 1. The van der Waals surface area contributed by atoms with E-state index in [9.17, 15) is 9.90 Å². The Kier molecular flexibility index (Phi) is 3.42. The van der Waals surface area contributed by atoms with E-state index in [0.29, 0.717) is 12.1 Å².